The second-order valence-corrected chi connectivity index (χ2v) is 5.36. The van der Waals surface area contributed by atoms with Gasteiger partial charge in [-0.15, -0.1) is 0 Å². The summed E-state index contributed by atoms with van der Waals surface area (Å²) in [5.74, 6) is 0. The zero-order valence-electron chi connectivity index (χ0n) is 12.0. The van der Waals surface area contributed by atoms with Gasteiger partial charge in [0.15, 0.2) is 0 Å². The normalized spacial score (nSPS) is 11.1. The topological polar surface area (TPSA) is 12.9 Å². The highest BCUT2D eigenvalue weighted by Crippen LogP contribution is 2.34. The van der Waals surface area contributed by atoms with Crippen LogP contribution in [0.3, 0.4) is 0 Å². The molecule has 0 amide bonds. The smallest absolute Gasteiger partial charge is 0.131 e. The first-order valence-electron chi connectivity index (χ1n) is 7.28. The number of hydrogen-bond acceptors (Lipinski definition) is 1. The highest BCUT2D eigenvalue weighted by atomic mass is 19.1. The minimum Gasteiger partial charge on any atom is -0.258 e. The van der Waals surface area contributed by atoms with Crippen LogP contribution in [0.1, 0.15) is 5.69 Å². The van der Waals surface area contributed by atoms with E-state index in [9.17, 15) is 4.39 Å². The van der Waals surface area contributed by atoms with Crippen LogP contribution in [0.15, 0.2) is 72.9 Å². The van der Waals surface area contributed by atoms with Gasteiger partial charge in [-0.05, 0) is 50.9 Å². The fraction of sp³-hybridized carbons (Fsp3) is 0.0500. The molecule has 0 bridgehead atoms. The van der Waals surface area contributed by atoms with Gasteiger partial charge in [0.25, 0.3) is 0 Å². The average Bonchev–Trinajstić information content (AvgIpc) is 2.61. The Labute approximate surface area is 128 Å². The van der Waals surface area contributed by atoms with E-state index in [4.69, 9.17) is 0 Å². The molecule has 3 aromatic carbocycles. The van der Waals surface area contributed by atoms with Gasteiger partial charge >= 0.3 is 0 Å². The van der Waals surface area contributed by atoms with Crippen molar-refractivity contribution in [3.63, 3.8) is 0 Å². The van der Waals surface area contributed by atoms with Gasteiger partial charge in [-0.1, -0.05) is 48.5 Å². The van der Waals surface area contributed by atoms with Gasteiger partial charge in [-0.3, -0.25) is 4.98 Å². The lowest BCUT2D eigenvalue weighted by Gasteiger charge is -2.11. The highest BCUT2D eigenvalue weighted by Gasteiger charge is 2.08. The summed E-state index contributed by atoms with van der Waals surface area (Å²) >= 11 is 0. The molecule has 0 unspecified atom stereocenters. The Morgan fingerprint density at radius 3 is 2.32 bits per heavy atom. The molecule has 1 nitrogen and oxygen atoms in total. The molecular weight excluding hydrogens is 273 g/mol. The van der Waals surface area contributed by atoms with Crippen molar-refractivity contribution in [3.05, 3.63) is 78.6 Å². The van der Waals surface area contributed by atoms with Crippen molar-refractivity contribution in [2.45, 2.75) is 6.67 Å². The molecule has 0 spiro atoms. The van der Waals surface area contributed by atoms with E-state index in [0.717, 1.165) is 11.1 Å². The standard InChI is InChI=1S/C20H14FN/c21-13-16-11-15(9-10-22-16)20-12-14-5-1-2-6-17(14)18-7-3-4-8-19(18)20/h1-12H,13H2. The summed E-state index contributed by atoms with van der Waals surface area (Å²) in [6.07, 6.45) is 1.67. The van der Waals surface area contributed by atoms with E-state index in [1.807, 2.05) is 24.3 Å². The molecule has 0 radical (unpaired) electrons. The molecule has 0 N–H and O–H groups in total. The van der Waals surface area contributed by atoms with E-state index in [0.29, 0.717) is 5.69 Å². The summed E-state index contributed by atoms with van der Waals surface area (Å²) in [7, 11) is 0. The molecule has 0 atom stereocenters. The molecule has 2 heteroatoms. The van der Waals surface area contributed by atoms with E-state index in [1.165, 1.54) is 21.5 Å². The van der Waals surface area contributed by atoms with Gasteiger partial charge in [0.2, 0.25) is 0 Å². The number of fused-ring (bicyclic) bond motifs is 3. The zero-order valence-corrected chi connectivity index (χ0v) is 12.0. The molecule has 106 valence electrons. The summed E-state index contributed by atoms with van der Waals surface area (Å²) in [5.41, 5.74) is 2.59. The van der Waals surface area contributed by atoms with Gasteiger partial charge in [0, 0.05) is 6.20 Å². The number of alkyl halides is 1. The Kier molecular flexibility index (Phi) is 3.08. The van der Waals surface area contributed by atoms with Gasteiger partial charge in [-0.2, -0.15) is 0 Å². The van der Waals surface area contributed by atoms with Crippen LogP contribution in [0, 0.1) is 0 Å². The molecule has 4 rings (SSSR count). The maximum Gasteiger partial charge on any atom is 0.131 e. The first-order chi connectivity index (χ1) is 10.9. The Bertz CT molecular complexity index is 975. The number of benzene rings is 3. The minimum absolute atomic E-state index is 0.467. The van der Waals surface area contributed by atoms with Crippen LogP contribution in [0.2, 0.25) is 0 Å². The Morgan fingerprint density at radius 2 is 1.50 bits per heavy atom. The molecule has 1 aromatic heterocycles. The summed E-state index contributed by atoms with van der Waals surface area (Å²) in [5, 5.41) is 4.82. The van der Waals surface area contributed by atoms with E-state index in [1.54, 1.807) is 6.20 Å². The highest BCUT2D eigenvalue weighted by molar-refractivity contribution is 6.13. The van der Waals surface area contributed by atoms with Crippen molar-refractivity contribution < 1.29 is 4.39 Å². The fourth-order valence-corrected chi connectivity index (χ4v) is 3.01. The van der Waals surface area contributed by atoms with Gasteiger partial charge < -0.3 is 0 Å². The van der Waals surface area contributed by atoms with E-state index < -0.39 is 6.67 Å². The summed E-state index contributed by atoms with van der Waals surface area (Å²) in [6, 6.07) is 22.6. The van der Waals surface area contributed by atoms with Crippen LogP contribution < -0.4 is 0 Å². The van der Waals surface area contributed by atoms with Crippen molar-refractivity contribution >= 4 is 21.5 Å². The molecule has 0 saturated carbocycles. The quantitative estimate of drug-likeness (QED) is 0.442. The largest absolute Gasteiger partial charge is 0.258 e. The molecule has 0 aliphatic heterocycles. The van der Waals surface area contributed by atoms with Crippen LogP contribution in [0.5, 0.6) is 0 Å². The third-order valence-electron chi connectivity index (χ3n) is 4.03. The number of halogens is 1. The van der Waals surface area contributed by atoms with Crippen molar-refractivity contribution in [1.82, 2.24) is 4.98 Å². The number of pyridine rings is 1. The lowest BCUT2D eigenvalue weighted by Crippen LogP contribution is -1.88. The molecular formula is C20H14FN. The SMILES string of the molecule is FCc1cc(-c2cc3ccccc3c3ccccc23)ccn1. The number of hydrogen-bond donors (Lipinski definition) is 0. The van der Waals surface area contributed by atoms with Crippen molar-refractivity contribution in [3.8, 4) is 11.1 Å². The maximum absolute atomic E-state index is 12.9. The Morgan fingerprint density at radius 1 is 0.773 bits per heavy atom. The molecule has 4 aromatic rings. The van der Waals surface area contributed by atoms with Crippen LogP contribution in [-0.4, -0.2) is 4.98 Å². The molecule has 0 fully saturated rings. The lowest BCUT2D eigenvalue weighted by atomic mass is 9.93. The van der Waals surface area contributed by atoms with Gasteiger partial charge in [0.05, 0.1) is 5.69 Å². The summed E-state index contributed by atoms with van der Waals surface area (Å²) in [6.45, 7) is -0.542. The Hall–Kier alpha value is -2.74. The minimum atomic E-state index is -0.542. The van der Waals surface area contributed by atoms with Gasteiger partial charge in [0.1, 0.15) is 6.67 Å². The lowest BCUT2D eigenvalue weighted by molar-refractivity contribution is 0.476. The van der Waals surface area contributed by atoms with Crippen molar-refractivity contribution in [2.75, 3.05) is 0 Å². The second kappa shape index (κ2) is 5.23. The van der Waals surface area contributed by atoms with Crippen LogP contribution in [0.25, 0.3) is 32.7 Å². The predicted molar refractivity (Wildman–Crippen MR) is 89.5 cm³/mol. The molecule has 0 saturated heterocycles. The van der Waals surface area contributed by atoms with Crippen LogP contribution in [-0.2, 0) is 6.67 Å². The summed E-state index contributed by atoms with van der Waals surface area (Å²) < 4.78 is 12.9. The van der Waals surface area contributed by atoms with E-state index in [-0.39, 0.29) is 0 Å². The zero-order chi connectivity index (χ0) is 14.9. The first-order valence-corrected chi connectivity index (χ1v) is 7.28. The fourth-order valence-electron chi connectivity index (χ4n) is 3.01. The van der Waals surface area contributed by atoms with Crippen LogP contribution in [0.4, 0.5) is 4.39 Å². The van der Waals surface area contributed by atoms with Crippen molar-refractivity contribution in [1.29, 1.82) is 0 Å². The maximum atomic E-state index is 12.9. The van der Waals surface area contributed by atoms with Crippen molar-refractivity contribution in [2.24, 2.45) is 0 Å². The van der Waals surface area contributed by atoms with Gasteiger partial charge in [-0.25, -0.2) is 4.39 Å². The predicted octanol–water partition coefficient (Wildman–Crippen LogP) is 5.52. The second-order valence-electron chi connectivity index (χ2n) is 5.36. The van der Waals surface area contributed by atoms with E-state index in [2.05, 4.69) is 47.4 Å². The number of nitrogens with zero attached hydrogens (tertiary/aromatic N) is 1. The van der Waals surface area contributed by atoms with Crippen LogP contribution >= 0.6 is 0 Å². The third kappa shape index (κ3) is 2.04. The Balaban J connectivity index is 2.11. The third-order valence-corrected chi connectivity index (χ3v) is 4.03. The number of rotatable bonds is 2. The molecule has 22 heavy (non-hydrogen) atoms. The monoisotopic (exact) mass is 287 g/mol. The molecule has 0 aliphatic carbocycles. The molecule has 0 aliphatic rings. The molecule has 1 heterocycles. The number of aromatic nitrogens is 1. The average molecular weight is 287 g/mol. The van der Waals surface area contributed by atoms with E-state index >= 15 is 0 Å². The summed E-state index contributed by atoms with van der Waals surface area (Å²) in [4.78, 5) is 4.05. The first kappa shape index (κ1) is 13.0.